The summed E-state index contributed by atoms with van der Waals surface area (Å²) in [6.07, 6.45) is 1.93. The molecule has 0 aliphatic carbocycles. The Morgan fingerprint density at radius 3 is 2.64 bits per heavy atom. The Morgan fingerprint density at radius 2 is 2.00 bits per heavy atom. The topological polar surface area (TPSA) is 73.6 Å². The number of carbonyl (C=O) groups excluding carboxylic acids is 1. The highest BCUT2D eigenvalue weighted by Gasteiger charge is 2.17. The van der Waals surface area contributed by atoms with Gasteiger partial charge in [-0.3, -0.25) is 4.79 Å². The number of hydrogen-bond acceptors (Lipinski definition) is 6. The van der Waals surface area contributed by atoms with Crippen LogP contribution in [0.15, 0.2) is 41.3 Å². The van der Waals surface area contributed by atoms with E-state index >= 15 is 0 Å². The van der Waals surface area contributed by atoms with Crippen LogP contribution in [0.5, 0.6) is 11.5 Å². The Balaban J connectivity index is 1.70. The van der Waals surface area contributed by atoms with Gasteiger partial charge in [0, 0.05) is 22.9 Å². The summed E-state index contributed by atoms with van der Waals surface area (Å²) < 4.78 is 38.8. The maximum atomic E-state index is 14.4. The highest BCUT2D eigenvalue weighted by atomic mass is 32.2. The minimum atomic E-state index is -1.04. The van der Waals surface area contributed by atoms with Crippen molar-refractivity contribution in [2.75, 3.05) is 19.5 Å². The predicted octanol–water partition coefficient (Wildman–Crippen LogP) is 3.43. The molecule has 1 saturated heterocycles. The molecule has 0 spiro atoms. The van der Waals surface area contributed by atoms with Crippen LogP contribution in [0, 0.1) is 11.6 Å². The maximum Gasteiger partial charge on any atom is 0.322 e. The summed E-state index contributed by atoms with van der Waals surface area (Å²) in [6, 6.07) is 8.74. The zero-order chi connectivity index (χ0) is 20.1. The van der Waals surface area contributed by atoms with Crippen molar-refractivity contribution in [3.63, 3.8) is 0 Å². The molecule has 5 nitrogen and oxygen atoms in total. The average molecular weight is 406 g/mol. The Kier molecular flexibility index (Phi) is 6.66. The number of rotatable bonds is 6. The first kappa shape index (κ1) is 20.3. The molecule has 1 aliphatic rings. The fraction of sp³-hybridized carbons (Fsp3) is 0.250. The van der Waals surface area contributed by atoms with Crippen molar-refractivity contribution in [1.82, 2.24) is 5.32 Å². The lowest BCUT2D eigenvalue weighted by atomic mass is 10.1. The maximum absolute atomic E-state index is 14.4. The molecule has 3 rings (SSSR count). The lowest BCUT2D eigenvalue weighted by Gasteiger charge is -2.11. The summed E-state index contributed by atoms with van der Waals surface area (Å²) in [6.45, 7) is 0.649. The van der Waals surface area contributed by atoms with Gasteiger partial charge in [-0.05, 0) is 42.3 Å². The van der Waals surface area contributed by atoms with E-state index in [-0.39, 0.29) is 11.3 Å². The van der Waals surface area contributed by atoms with Crippen molar-refractivity contribution in [1.29, 1.82) is 0 Å². The van der Waals surface area contributed by atoms with Crippen molar-refractivity contribution >= 4 is 23.8 Å². The normalized spacial score (nSPS) is 16.2. The molecule has 1 atom stereocenters. The second-order valence-electron chi connectivity index (χ2n) is 6.19. The van der Waals surface area contributed by atoms with Crippen LogP contribution in [0.25, 0.3) is 6.08 Å². The summed E-state index contributed by atoms with van der Waals surface area (Å²) in [5.74, 6) is -1.58. The standard InChI is InChI=1S/C20H20F2N2O3S/c1-26-20(25)16(23)8-12-2-5-14(6-3-12)27-17-7-4-13(18(21)19(17)22)9-15-10-24-11-28-15/h2-7,9,16,24H,8,10-11,23H2,1H3. The highest BCUT2D eigenvalue weighted by molar-refractivity contribution is 8.03. The summed E-state index contributed by atoms with van der Waals surface area (Å²) in [5.41, 5.74) is 6.70. The molecule has 0 aromatic heterocycles. The van der Waals surface area contributed by atoms with Crippen LogP contribution >= 0.6 is 11.8 Å². The first-order valence-electron chi connectivity index (χ1n) is 8.60. The molecule has 0 radical (unpaired) electrons. The second kappa shape index (κ2) is 9.18. The molecular formula is C20H20F2N2O3S. The fourth-order valence-electron chi connectivity index (χ4n) is 2.68. The Morgan fingerprint density at radius 1 is 1.25 bits per heavy atom. The van der Waals surface area contributed by atoms with Gasteiger partial charge in [-0.15, -0.1) is 11.8 Å². The number of nitrogens with one attached hydrogen (secondary N) is 1. The average Bonchev–Trinajstić information content (AvgIpc) is 3.21. The van der Waals surface area contributed by atoms with E-state index < -0.39 is 23.6 Å². The molecule has 0 saturated carbocycles. The number of carbonyl (C=O) groups is 1. The van der Waals surface area contributed by atoms with Crippen molar-refractivity contribution in [2.45, 2.75) is 12.5 Å². The van der Waals surface area contributed by atoms with E-state index in [0.717, 1.165) is 16.3 Å². The number of ether oxygens (including phenoxy) is 2. The number of halogens is 2. The molecule has 8 heteroatoms. The van der Waals surface area contributed by atoms with Crippen LogP contribution in [-0.4, -0.2) is 31.5 Å². The zero-order valence-corrected chi connectivity index (χ0v) is 16.0. The van der Waals surface area contributed by atoms with E-state index in [1.54, 1.807) is 42.1 Å². The molecule has 148 valence electrons. The van der Waals surface area contributed by atoms with Crippen LogP contribution in [0.4, 0.5) is 8.78 Å². The zero-order valence-electron chi connectivity index (χ0n) is 15.2. The van der Waals surface area contributed by atoms with Crippen molar-refractivity contribution < 1.29 is 23.0 Å². The monoisotopic (exact) mass is 406 g/mol. The number of nitrogens with two attached hydrogens (primary N) is 1. The van der Waals surface area contributed by atoms with Gasteiger partial charge in [-0.2, -0.15) is 4.39 Å². The number of benzene rings is 2. The molecule has 2 aromatic rings. The summed E-state index contributed by atoms with van der Waals surface area (Å²) in [4.78, 5) is 12.3. The van der Waals surface area contributed by atoms with Crippen LogP contribution in [0.2, 0.25) is 0 Å². The molecule has 0 bridgehead atoms. The van der Waals surface area contributed by atoms with Gasteiger partial charge < -0.3 is 20.5 Å². The van der Waals surface area contributed by atoms with Crippen LogP contribution in [0.3, 0.4) is 0 Å². The summed E-state index contributed by atoms with van der Waals surface area (Å²) in [5, 5.41) is 3.12. The van der Waals surface area contributed by atoms with E-state index in [1.165, 1.54) is 19.2 Å². The first-order chi connectivity index (χ1) is 13.5. The van der Waals surface area contributed by atoms with Gasteiger partial charge in [0.15, 0.2) is 11.6 Å². The molecule has 28 heavy (non-hydrogen) atoms. The Hall–Kier alpha value is -2.42. The molecule has 1 unspecified atom stereocenters. The van der Waals surface area contributed by atoms with E-state index in [1.807, 2.05) is 0 Å². The molecule has 1 fully saturated rings. The number of esters is 1. The Bertz CT molecular complexity index is 880. The van der Waals surface area contributed by atoms with Crippen LogP contribution in [0.1, 0.15) is 11.1 Å². The Labute approximate surface area is 165 Å². The third-order valence-electron chi connectivity index (χ3n) is 4.16. The van der Waals surface area contributed by atoms with Crippen molar-refractivity contribution in [2.24, 2.45) is 5.73 Å². The van der Waals surface area contributed by atoms with Gasteiger partial charge in [0.1, 0.15) is 11.8 Å². The molecule has 2 aromatic carbocycles. The SMILES string of the molecule is COC(=O)C(N)Cc1ccc(Oc2ccc(C=C3CNCS3)c(F)c2F)cc1. The largest absolute Gasteiger partial charge is 0.468 e. The molecule has 1 aliphatic heterocycles. The molecular weight excluding hydrogens is 386 g/mol. The van der Waals surface area contributed by atoms with Crippen LogP contribution < -0.4 is 15.8 Å². The third-order valence-corrected chi connectivity index (χ3v) is 5.14. The van der Waals surface area contributed by atoms with Gasteiger partial charge in [-0.25, -0.2) is 4.39 Å². The number of methoxy groups -OCH3 is 1. The molecule has 3 N–H and O–H groups in total. The number of thioether (sulfide) groups is 1. The lowest BCUT2D eigenvalue weighted by molar-refractivity contribution is -0.142. The van der Waals surface area contributed by atoms with Gasteiger partial charge >= 0.3 is 5.97 Å². The van der Waals surface area contributed by atoms with Gasteiger partial charge in [0.05, 0.1) is 7.11 Å². The number of hydrogen-bond donors (Lipinski definition) is 2. The quantitative estimate of drug-likeness (QED) is 0.716. The summed E-state index contributed by atoms with van der Waals surface area (Å²) in [7, 11) is 1.28. The minimum Gasteiger partial charge on any atom is -0.468 e. The lowest BCUT2D eigenvalue weighted by Crippen LogP contribution is -2.33. The highest BCUT2D eigenvalue weighted by Crippen LogP contribution is 2.30. The molecule has 1 heterocycles. The van der Waals surface area contributed by atoms with Crippen molar-refractivity contribution in [3.8, 4) is 11.5 Å². The first-order valence-corrected chi connectivity index (χ1v) is 9.58. The minimum absolute atomic E-state index is 0.184. The third kappa shape index (κ3) is 4.89. The van der Waals surface area contributed by atoms with E-state index in [9.17, 15) is 13.6 Å². The second-order valence-corrected chi connectivity index (χ2v) is 7.29. The fourth-order valence-corrected chi connectivity index (χ4v) is 3.49. The molecule has 0 amide bonds. The van der Waals surface area contributed by atoms with E-state index in [0.29, 0.717) is 18.7 Å². The smallest absolute Gasteiger partial charge is 0.322 e. The van der Waals surface area contributed by atoms with Gasteiger partial charge in [-0.1, -0.05) is 12.1 Å². The predicted molar refractivity (Wildman–Crippen MR) is 105 cm³/mol. The van der Waals surface area contributed by atoms with Gasteiger partial charge in [0.2, 0.25) is 5.82 Å². The van der Waals surface area contributed by atoms with Crippen LogP contribution in [-0.2, 0) is 16.0 Å². The van der Waals surface area contributed by atoms with Crippen molar-refractivity contribution in [3.05, 3.63) is 64.1 Å². The summed E-state index contributed by atoms with van der Waals surface area (Å²) >= 11 is 1.56. The van der Waals surface area contributed by atoms with Gasteiger partial charge in [0.25, 0.3) is 0 Å². The van der Waals surface area contributed by atoms with E-state index in [2.05, 4.69) is 10.1 Å². The van der Waals surface area contributed by atoms with E-state index in [4.69, 9.17) is 10.5 Å².